The van der Waals surface area contributed by atoms with Crippen molar-refractivity contribution in [2.75, 3.05) is 32.2 Å². The summed E-state index contributed by atoms with van der Waals surface area (Å²) in [5.74, 6) is -0.0838. The van der Waals surface area contributed by atoms with Crippen LogP contribution >= 0.6 is 0 Å². The summed E-state index contributed by atoms with van der Waals surface area (Å²) in [7, 11) is -1.32. The lowest BCUT2D eigenvalue weighted by Gasteiger charge is -2.43. The fourth-order valence-corrected chi connectivity index (χ4v) is 4.29. The number of likely N-dealkylation sites (tertiary alicyclic amines) is 1. The molecule has 20 heavy (non-hydrogen) atoms. The number of sulfone groups is 1. The lowest BCUT2D eigenvalue weighted by atomic mass is 9.76. The fourth-order valence-electron chi connectivity index (χ4n) is 3.75. The van der Waals surface area contributed by atoms with Gasteiger partial charge in [0.25, 0.3) is 0 Å². The van der Waals surface area contributed by atoms with Crippen LogP contribution in [-0.2, 0) is 19.4 Å². The van der Waals surface area contributed by atoms with Gasteiger partial charge in [0, 0.05) is 38.3 Å². The Bertz CT molecular complexity index is 462. The molecule has 2 rings (SSSR count). The monoisotopic (exact) mass is 303 g/mol. The number of hydrogen-bond donors (Lipinski definition) is 0. The maximum absolute atomic E-state index is 12.2. The van der Waals surface area contributed by atoms with Gasteiger partial charge in [-0.05, 0) is 25.7 Å². The van der Waals surface area contributed by atoms with Gasteiger partial charge >= 0.3 is 0 Å². The molecule has 1 aliphatic heterocycles. The molecule has 1 saturated heterocycles. The van der Waals surface area contributed by atoms with Gasteiger partial charge in [-0.15, -0.1) is 0 Å². The van der Waals surface area contributed by atoms with Crippen LogP contribution in [0.25, 0.3) is 0 Å². The van der Waals surface area contributed by atoms with E-state index in [1.807, 2.05) is 4.90 Å². The molecule has 1 amide bonds. The SMILES string of the molecule is CO[C@@H]1CCC[C@]12CCCN(C(=O)CCS(C)(=O)=O)C2. The summed E-state index contributed by atoms with van der Waals surface area (Å²) in [4.78, 5) is 14.1. The molecule has 1 heterocycles. The summed E-state index contributed by atoms with van der Waals surface area (Å²) in [6.45, 7) is 1.48. The highest BCUT2D eigenvalue weighted by molar-refractivity contribution is 7.90. The van der Waals surface area contributed by atoms with Crippen LogP contribution in [-0.4, -0.2) is 57.5 Å². The van der Waals surface area contributed by atoms with E-state index in [2.05, 4.69) is 0 Å². The van der Waals surface area contributed by atoms with E-state index >= 15 is 0 Å². The molecular weight excluding hydrogens is 278 g/mol. The number of amides is 1. The van der Waals surface area contributed by atoms with Gasteiger partial charge in [0.2, 0.25) is 5.91 Å². The predicted molar refractivity (Wildman–Crippen MR) is 77.2 cm³/mol. The van der Waals surface area contributed by atoms with Crippen molar-refractivity contribution in [3.8, 4) is 0 Å². The molecule has 2 atom stereocenters. The molecule has 0 aromatic carbocycles. The van der Waals surface area contributed by atoms with Crippen molar-refractivity contribution < 1.29 is 17.9 Å². The molecular formula is C14H25NO4S. The topological polar surface area (TPSA) is 63.7 Å². The van der Waals surface area contributed by atoms with Crippen LogP contribution in [0.5, 0.6) is 0 Å². The molecule has 5 nitrogen and oxygen atoms in total. The lowest BCUT2D eigenvalue weighted by Crippen LogP contribution is -2.50. The lowest BCUT2D eigenvalue weighted by molar-refractivity contribution is -0.136. The van der Waals surface area contributed by atoms with Gasteiger partial charge in [-0.2, -0.15) is 0 Å². The summed E-state index contributed by atoms with van der Waals surface area (Å²) >= 11 is 0. The second-order valence-corrected chi connectivity index (χ2v) is 8.54. The maximum atomic E-state index is 12.2. The third kappa shape index (κ3) is 3.52. The van der Waals surface area contributed by atoms with E-state index in [9.17, 15) is 13.2 Å². The van der Waals surface area contributed by atoms with Crippen molar-refractivity contribution in [2.45, 2.75) is 44.6 Å². The summed E-state index contributed by atoms with van der Waals surface area (Å²) in [5.41, 5.74) is 0.105. The summed E-state index contributed by atoms with van der Waals surface area (Å²) in [6.07, 6.45) is 6.97. The average molecular weight is 303 g/mol. The molecule has 1 aliphatic carbocycles. The van der Waals surface area contributed by atoms with Gasteiger partial charge in [-0.1, -0.05) is 6.42 Å². The highest BCUT2D eigenvalue weighted by Gasteiger charge is 2.46. The van der Waals surface area contributed by atoms with E-state index in [0.29, 0.717) is 0 Å². The number of nitrogens with zero attached hydrogens (tertiary/aromatic N) is 1. The number of methoxy groups -OCH3 is 1. The highest BCUT2D eigenvalue weighted by atomic mass is 32.2. The largest absolute Gasteiger partial charge is 0.381 e. The van der Waals surface area contributed by atoms with Crippen molar-refractivity contribution in [1.29, 1.82) is 0 Å². The predicted octanol–water partition coefficient (Wildman–Crippen LogP) is 1.23. The third-order valence-corrected chi connectivity index (χ3v) is 5.70. The zero-order chi connectivity index (χ0) is 14.8. The molecule has 0 unspecified atom stereocenters. The van der Waals surface area contributed by atoms with E-state index in [0.717, 1.165) is 45.2 Å². The summed E-state index contributed by atoms with van der Waals surface area (Å²) < 4.78 is 28.0. The minimum atomic E-state index is -3.07. The summed E-state index contributed by atoms with van der Waals surface area (Å²) in [5, 5.41) is 0. The Kier molecular flexibility index (Phi) is 4.74. The third-order valence-electron chi connectivity index (χ3n) is 4.76. The van der Waals surface area contributed by atoms with E-state index in [-0.39, 0.29) is 29.6 Å². The minimum Gasteiger partial charge on any atom is -0.381 e. The molecule has 0 N–H and O–H groups in total. The molecule has 1 saturated carbocycles. The Morgan fingerprint density at radius 2 is 2.05 bits per heavy atom. The van der Waals surface area contributed by atoms with Crippen molar-refractivity contribution in [1.82, 2.24) is 4.90 Å². The second-order valence-electron chi connectivity index (χ2n) is 6.28. The van der Waals surface area contributed by atoms with Crippen LogP contribution in [0.15, 0.2) is 0 Å². The number of piperidine rings is 1. The normalized spacial score (nSPS) is 30.9. The minimum absolute atomic E-state index is 0.0312. The zero-order valence-corrected chi connectivity index (χ0v) is 13.2. The number of rotatable bonds is 4. The van der Waals surface area contributed by atoms with Crippen LogP contribution in [0.4, 0.5) is 0 Å². The number of hydrogen-bond acceptors (Lipinski definition) is 4. The molecule has 6 heteroatoms. The van der Waals surface area contributed by atoms with Gasteiger partial charge in [0.05, 0.1) is 11.9 Å². The Hall–Kier alpha value is -0.620. The molecule has 2 fully saturated rings. The molecule has 0 aromatic heterocycles. The first kappa shape index (κ1) is 15.8. The van der Waals surface area contributed by atoms with Crippen molar-refractivity contribution in [2.24, 2.45) is 5.41 Å². The van der Waals surface area contributed by atoms with Crippen molar-refractivity contribution >= 4 is 15.7 Å². The van der Waals surface area contributed by atoms with E-state index in [1.165, 1.54) is 6.26 Å². The fraction of sp³-hybridized carbons (Fsp3) is 0.929. The maximum Gasteiger partial charge on any atom is 0.223 e. The Morgan fingerprint density at radius 3 is 2.70 bits per heavy atom. The average Bonchev–Trinajstić information content (AvgIpc) is 2.77. The Morgan fingerprint density at radius 1 is 1.35 bits per heavy atom. The highest BCUT2D eigenvalue weighted by Crippen LogP contribution is 2.46. The van der Waals surface area contributed by atoms with Crippen LogP contribution in [0.2, 0.25) is 0 Å². The standard InChI is InChI=1S/C14H25NO4S/c1-19-12-5-3-7-14(12)8-4-9-15(11-14)13(16)6-10-20(2,17)18/h12H,3-11H2,1-2H3/t12-,14-/m1/s1. The molecule has 116 valence electrons. The molecule has 0 bridgehead atoms. The Balaban J connectivity index is 1.98. The van der Waals surface area contributed by atoms with Gasteiger partial charge < -0.3 is 9.64 Å². The van der Waals surface area contributed by atoms with Gasteiger partial charge in [0.1, 0.15) is 9.84 Å². The summed E-state index contributed by atoms with van der Waals surface area (Å²) in [6, 6.07) is 0. The smallest absolute Gasteiger partial charge is 0.223 e. The molecule has 1 spiro atoms. The zero-order valence-electron chi connectivity index (χ0n) is 12.4. The molecule has 0 radical (unpaired) electrons. The number of carbonyl (C=O) groups excluding carboxylic acids is 1. The number of carbonyl (C=O) groups is 1. The number of ether oxygens (including phenoxy) is 1. The second kappa shape index (κ2) is 6.02. The molecule has 0 aromatic rings. The van der Waals surface area contributed by atoms with E-state index < -0.39 is 9.84 Å². The molecule has 2 aliphatic rings. The van der Waals surface area contributed by atoms with Crippen LogP contribution < -0.4 is 0 Å². The van der Waals surface area contributed by atoms with Crippen LogP contribution in [0, 0.1) is 5.41 Å². The van der Waals surface area contributed by atoms with Crippen molar-refractivity contribution in [3.05, 3.63) is 0 Å². The van der Waals surface area contributed by atoms with Crippen LogP contribution in [0.3, 0.4) is 0 Å². The van der Waals surface area contributed by atoms with Gasteiger partial charge in [-0.25, -0.2) is 8.42 Å². The first-order chi connectivity index (χ1) is 9.36. The van der Waals surface area contributed by atoms with Crippen LogP contribution in [0.1, 0.15) is 38.5 Å². The van der Waals surface area contributed by atoms with Gasteiger partial charge in [-0.3, -0.25) is 4.79 Å². The first-order valence-electron chi connectivity index (χ1n) is 7.35. The first-order valence-corrected chi connectivity index (χ1v) is 9.41. The Labute approximate surface area is 121 Å². The van der Waals surface area contributed by atoms with Crippen molar-refractivity contribution in [3.63, 3.8) is 0 Å². The quantitative estimate of drug-likeness (QED) is 0.783. The van der Waals surface area contributed by atoms with E-state index in [1.54, 1.807) is 7.11 Å². The van der Waals surface area contributed by atoms with Gasteiger partial charge in [0.15, 0.2) is 0 Å². The van der Waals surface area contributed by atoms with E-state index in [4.69, 9.17) is 4.74 Å².